The third-order valence-corrected chi connectivity index (χ3v) is 4.96. The van der Waals surface area contributed by atoms with Gasteiger partial charge in [0.25, 0.3) is 0 Å². The molecule has 0 aliphatic carbocycles. The van der Waals surface area contributed by atoms with E-state index in [0.717, 1.165) is 22.9 Å². The number of nitrogens with zero attached hydrogens (tertiary/aromatic N) is 4. The van der Waals surface area contributed by atoms with Crippen molar-refractivity contribution in [3.05, 3.63) is 30.1 Å². The molecule has 0 radical (unpaired) electrons. The number of nitrogens with two attached hydrogens (primary N) is 2. The molecular formula is C18H22N6O2. The number of aryl methyl sites for hydroxylation is 1. The largest absolute Gasteiger partial charge is 0.450 e. The van der Waals surface area contributed by atoms with E-state index in [2.05, 4.69) is 20.0 Å². The molecular weight excluding hydrogens is 332 g/mol. The molecule has 3 heterocycles. The zero-order chi connectivity index (χ0) is 18.3. The van der Waals surface area contributed by atoms with Gasteiger partial charge in [0.2, 0.25) is 0 Å². The fraction of sp³-hybridized carbons (Fsp3) is 0.389. The van der Waals surface area contributed by atoms with Crippen molar-refractivity contribution in [3.63, 3.8) is 0 Å². The van der Waals surface area contributed by atoms with Crippen LogP contribution in [-0.4, -0.2) is 40.1 Å². The number of furan rings is 1. The first-order valence-corrected chi connectivity index (χ1v) is 8.66. The van der Waals surface area contributed by atoms with Crippen molar-refractivity contribution in [3.8, 4) is 0 Å². The summed E-state index contributed by atoms with van der Waals surface area (Å²) in [5.74, 6) is 7.31. The van der Waals surface area contributed by atoms with Gasteiger partial charge in [-0.3, -0.25) is 0 Å². The van der Waals surface area contributed by atoms with Crippen LogP contribution in [0.15, 0.2) is 33.8 Å². The molecule has 8 heteroatoms. The van der Waals surface area contributed by atoms with Crippen molar-refractivity contribution in [2.24, 2.45) is 22.6 Å². The minimum absolute atomic E-state index is 0.0287. The summed E-state index contributed by atoms with van der Waals surface area (Å²) in [6.07, 6.45) is 1.38. The van der Waals surface area contributed by atoms with E-state index in [9.17, 15) is 5.11 Å². The number of aromatic nitrogens is 2. The van der Waals surface area contributed by atoms with E-state index >= 15 is 0 Å². The fourth-order valence-corrected chi connectivity index (χ4v) is 3.82. The highest BCUT2D eigenvalue weighted by molar-refractivity contribution is 6.05. The molecule has 0 spiro atoms. The summed E-state index contributed by atoms with van der Waals surface area (Å²) in [5.41, 5.74) is 8.01. The van der Waals surface area contributed by atoms with Crippen molar-refractivity contribution in [1.82, 2.24) is 9.97 Å². The molecule has 5 N–H and O–H groups in total. The van der Waals surface area contributed by atoms with Crippen LogP contribution in [0.5, 0.6) is 0 Å². The van der Waals surface area contributed by atoms with Crippen LogP contribution in [0.25, 0.3) is 22.1 Å². The van der Waals surface area contributed by atoms with E-state index in [1.54, 1.807) is 0 Å². The van der Waals surface area contributed by atoms with Crippen molar-refractivity contribution >= 4 is 33.7 Å². The Labute approximate surface area is 150 Å². The maximum absolute atomic E-state index is 9.89. The van der Waals surface area contributed by atoms with E-state index in [0.29, 0.717) is 36.0 Å². The minimum atomic E-state index is -0.0590. The number of aliphatic hydroxyl groups is 1. The number of aliphatic hydroxyl groups excluding tert-OH is 1. The topological polar surface area (TPSA) is 127 Å². The molecule has 4 rings (SSSR count). The molecule has 2 aromatic heterocycles. The molecule has 0 amide bonds. The summed E-state index contributed by atoms with van der Waals surface area (Å²) in [5, 5.41) is 14.4. The van der Waals surface area contributed by atoms with Crippen LogP contribution >= 0.6 is 0 Å². The molecule has 3 aromatic rings. The predicted octanol–water partition coefficient (Wildman–Crippen LogP) is 1.49. The highest BCUT2D eigenvalue weighted by Crippen LogP contribution is 2.37. The van der Waals surface area contributed by atoms with Gasteiger partial charge in [0.15, 0.2) is 11.4 Å². The van der Waals surface area contributed by atoms with Gasteiger partial charge in [-0.15, -0.1) is 0 Å². The molecule has 1 aromatic carbocycles. The molecule has 1 fully saturated rings. The van der Waals surface area contributed by atoms with Crippen molar-refractivity contribution in [2.45, 2.75) is 25.8 Å². The van der Waals surface area contributed by atoms with Gasteiger partial charge in [-0.05, 0) is 31.4 Å². The van der Waals surface area contributed by atoms with Crippen LogP contribution < -0.4 is 16.5 Å². The van der Waals surface area contributed by atoms with Crippen LogP contribution in [0.1, 0.15) is 18.7 Å². The lowest BCUT2D eigenvalue weighted by molar-refractivity contribution is 0.263. The second kappa shape index (κ2) is 6.45. The van der Waals surface area contributed by atoms with E-state index < -0.39 is 0 Å². The maximum atomic E-state index is 9.89. The minimum Gasteiger partial charge on any atom is -0.450 e. The molecule has 2 atom stereocenters. The highest BCUT2D eigenvalue weighted by atomic mass is 16.3. The van der Waals surface area contributed by atoms with Crippen LogP contribution in [0, 0.1) is 12.8 Å². The molecule has 2 unspecified atom stereocenters. The lowest BCUT2D eigenvalue weighted by atomic mass is 10.0. The molecule has 8 nitrogen and oxygen atoms in total. The van der Waals surface area contributed by atoms with E-state index in [4.69, 9.17) is 16.0 Å². The first kappa shape index (κ1) is 16.6. The summed E-state index contributed by atoms with van der Waals surface area (Å²) < 4.78 is 6.06. The highest BCUT2D eigenvalue weighted by Gasteiger charge is 2.35. The second-order valence-corrected chi connectivity index (χ2v) is 6.79. The Morgan fingerprint density at radius 1 is 1.38 bits per heavy atom. The number of fused-ring (bicyclic) bond motifs is 3. The summed E-state index contributed by atoms with van der Waals surface area (Å²) in [7, 11) is 0. The Morgan fingerprint density at radius 2 is 2.19 bits per heavy atom. The monoisotopic (exact) mass is 354 g/mol. The molecule has 26 heavy (non-hydrogen) atoms. The second-order valence-electron chi connectivity index (χ2n) is 6.79. The van der Waals surface area contributed by atoms with E-state index in [-0.39, 0.29) is 18.6 Å². The number of para-hydroxylation sites is 1. The summed E-state index contributed by atoms with van der Waals surface area (Å²) >= 11 is 0. The molecule has 0 bridgehead atoms. The summed E-state index contributed by atoms with van der Waals surface area (Å²) in [6, 6.07) is 7.75. The zero-order valence-electron chi connectivity index (χ0n) is 14.6. The number of rotatable bonds is 4. The molecule has 0 saturated carbocycles. The van der Waals surface area contributed by atoms with Gasteiger partial charge in [0.05, 0.1) is 12.6 Å². The number of hydrogen-bond acceptors (Lipinski definition) is 7. The Hall–Kier alpha value is -2.87. The Morgan fingerprint density at radius 3 is 2.96 bits per heavy atom. The Kier molecular flexibility index (Phi) is 4.12. The van der Waals surface area contributed by atoms with Crippen molar-refractivity contribution in [2.75, 3.05) is 18.1 Å². The third kappa shape index (κ3) is 2.72. The summed E-state index contributed by atoms with van der Waals surface area (Å²) in [6.45, 7) is 2.59. The lowest BCUT2D eigenvalue weighted by Crippen LogP contribution is -2.33. The number of hydrazone groups is 1. The van der Waals surface area contributed by atoms with Gasteiger partial charge in [0, 0.05) is 18.4 Å². The van der Waals surface area contributed by atoms with Gasteiger partial charge >= 0.3 is 0 Å². The first-order valence-electron chi connectivity index (χ1n) is 8.66. The van der Waals surface area contributed by atoms with Crippen molar-refractivity contribution in [1.29, 1.82) is 0 Å². The van der Waals surface area contributed by atoms with Gasteiger partial charge in [-0.2, -0.15) is 5.10 Å². The molecule has 1 aliphatic rings. The SMILES string of the molecule is Cc1nc(N2CC(C/C(N)=N/N)CC2CO)c2oc3ccccc3c2n1. The average molecular weight is 354 g/mol. The van der Waals surface area contributed by atoms with E-state index in [1.807, 2.05) is 31.2 Å². The van der Waals surface area contributed by atoms with Crippen LogP contribution in [-0.2, 0) is 0 Å². The maximum Gasteiger partial charge on any atom is 0.196 e. The quantitative estimate of drug-likeness (QED) is 0.280. The predicted molar refractivity (Wildman–Crippen MR) is 101 cm³/mol. The summed E-state index contributed by atoms with van der Waals surface area (Å²) in [4.78, 5) is 11.3. The van der Waals surface area contributed by atoms with Gasteiger partial charge < -0.3 is 26.0 Å². The number of anilines is 1. The lowest BCUT2D eigenvalue weighted by Gasteiger charge is -2.24. The van der Waals surface area contributed by atoms with Crippen molar-refractivity contribution < 1.29 is 9.52 Å². The number of benzene rings is 1. The number of amidine groups is 1. The molecule has 1 saturated heterocycles. The standard InChI is InChI=1S/C18H22N6O2/c1-10-21-16-13-4-2-3-5-14(13)26-17(16)18(22-10)24-8-11(6-12(24)9-25)7-15(19)23-20/h2-5,11-12,25H,6-9,20H2,1H3,(H2,19,23). The first-order chi connectivity index (χ1) is 12.6. The third-order valence-electron chi connectivity index (χ3n) is 4.96. The van der Waals surface area contributed by atoms with Crippen LogP contribution in [0.4, 0.5) is 5.82 Å². The van der Waals surface area contributed by atoms with Gasteiger partial charge in [0.1, 0.15) is 22.8 Å². The molecule has 1 aliphatic heterocycles. The van der Waals surface area contributed by atoms with Gasteiger partial charge in [-0.25, -0.2) is 9.97 Å². The fourth-order valence-electron chi connectivity index (χ4n) is 3.82. The van der Waals surface area contributed by atoms with E-state index in [1.165, 1.54) is 0 Å². The zero-order valence-corrected chi connectivity index (χ0v) is 14.6. The Bertz CT molecular complexity index is 982. The molecule has 136 valence electrons. The van der Waals surface area contributed by atoms with Gasteiger partial charge in [-0.1, -0.05) is 12.1 Å². The normalized spacial score (nSPS) is 21.2. The van der Waals surface area contributed by atoms with Crippen LogP contribution in [0.3, 0.4) is 0 Å². The smallest absolute Gasteiger partial charge is 0.196 e. The average Bonchev–Trinajstić information content (AvgIpc) is 3.22. The Balaban J connectivity index is 1.80. The number of hydrogen-bond donors (Lipinski definition) is 3. The van der Waals surface area contributed by atoms with Crippen LogP contribution in [0.2, 0.25) is 0 Å².